The Labute approximate surface area is 163 Å². The molecule has 2 N–H and O–H groups in total. The van der Waals surface area contributed by atoms with Crippen LogP contribution in [0.1, 0.15) is 67.9 Å². The van der Waals surface area contributed by atoms with Gasteiger partial charge in [0.1, 0.15) is 0 Å². The van der Waals surface area contributed by atoms with E-state index in [1.807, 2.05) is 13.8 Å². The lowest BCUT2D eigenvalue weighted by Gasteiger charge is -2.21. The Kier molecular flexibility index (Phi) is 6.05. The Hall–Kier alpha value is -1.99. The highest BCUT2D eigenvalue weighted by atomic mass is 19.4. The van der Waals surface area contributed by atoms with Gasteiger partial charge in [-0.2, -0.15) is 13.2 Å². The maximum Gasteiger partial charge on any atom is 0.395 e. The van der Waals surface area contributed by atoms with Gasteiger partial charge in [0.2, 0.25) is 5.91 Å². The minimum absolute atomic E-state index is 0.0991. The van der Waals surface area contributed by atoms with Crippen LogP contribution in [0, 0.1) is 11.8 Å². The molecule has 0 unspecified atom stereocenters. The molecule has 2 atom stereocenters. The van der Waals surface area contributed by atoms with Crippen LogP contribution in [0.5, 0.6) is 0 Å². The second-order valence-electron chi connectivity index (χ2n) is 7.99. The summed E-state index contributed by atoms with van der Waals surface area (Å²) in [6.45, 7) is 3.46. The third-order valence-electron chi connectivity index (χ3n) is 6.04. The van der Waals surface area contributed by atoms with Gasteiger partial charge in [0.25, 0.3) is 5.91 Å². The summed E-state index contributed by atoms with van der Waals surface area (Å²) in [5, 5.41) is 2.55. The molecule has 5 nitrogen and oxygen atoms in total. The molecule has 1 aromatic rings. The van der Waals surface area contributed by atoms with E-state index in [1.165, 1.54) is 4.90 Å². The molecule has 1 saturated heterocycles. The second-order valence-corrected chi connectivity index (χ2v) is 7.99. The van der Waals surface area contributed by atoms with Gasteiger partial charge in [-0.05, 0) is 30.7 Å². The first-order valence-electron chi connectivity index (χ1n) is 10.1. The van der Waals surface area contributed by atoms with E-state index in [4.69, 9.17) is 0 Å². The van der Waals surface area contributed by atoms with Crippen LogP contribution in [0.25, 0.3) is 0 Å². The Morgan fingerprint density at radius 1 is 1.25 bits per heavy atom. The van der Waals surface area contributed by atoms with Crippen molar-refractivity contribution in [2.75, 3.05) is 13.1 Å². The van der Waals surface area contributed by atoms with Crippen molar-refractivity contribution in [3.63, 3.8) is 0 Å². The number of hydrogen-bond donors (Lipinski definition) is 2. The maximum atomic E-state index is 13.6. The van der Waals surface area contributed by atoms with E-state index in [1.54, 1.807) is 12.3 Å². The molecular weight excluding hydrogens is 371 g/mol. The summed E-state index contributed by atoms with van der Waals surface area (Å²) in [5.41, 5.74) is 1.20. The average Bonchev–Trinajstić information content (AvgIpc) is 3.19. The molecule has 0 bridgehead atoms. The number of carbonyl (C=O) groups excluding carboxylic acids is 2. The molecule has 8 heteroatoms. The van der Waals surface area contributed by atoms with Crippen LogP contribution < -0.4 is 5.32 Å². The van der Waals surface area contributed by atoms with Crippen molar-refractivity contribution in [3.05, 3.63) is 23.5 Å². The number of halogens is 3. The van der Waals surface area contributed by atoms with Gasteiger partial charge in [0.15, 0.2) is 0 Å². The number of H-pyrrole nitrogens is 1. The SMILES string of the molecule is CCC(CC)CC(=O)N1C[C@@H](C(F)(F)F)[C@H](NC(=O)c2cc[nH]c2C2CC2)C1. The van der Waals surface area contributed by atoms with Gasteiger partial charge in [-0.25, -0.2) is 0 Å². The lowest BCUT2D eigenvalue weighted by molar-refractivity contribution is -0.175. The Morgan fingerprint density at radius 2 is 1.93 bits per heavy atom. The third-order valence-corrected chi connectivity index (χ3v) is 6.04. The van der Waals surface area contributed by atoms with Crippen molar-refractivity contribution in [1.82, 2.24) is 15.2 Å². The van der Waals surface area contributed by atoms with Gasteiger partial charge in [-0.15, -0.1) is 0 Å². The van der Waals surface area contributed by atoms with Crippen molar-refractivity contribution in [3.8, 4) is 0 Å². The molecule has 0 aromatic carbocycles. The molecule has 2 fully saturated rings. The summed E-state index contributed by atoms with van der Waals surface area (Å²) in [4.78, 5) is 29.4. The van der Waals surface area contributed by atoms with E-state index in [2.05, 4.69) is 10.3 Å². The minimum Gasteiger partial charge on any atom is -0.364 e. The molecule has 1 aliphatic heterocycles. The number of aromatic nitrogens is 1. The molecule has 2 amide bonds. The predicted molar refractivity (Wildman–Crippen MR) is 98.8 cm³/mol. The number of amides is 2. The maximum absolute atomic E-state index is 13.6. The highest BCUT2D eigenvalue weighted by Gasteiger charge is 2.51. The fourth-order valence-electron chi connectivity index (χ4n) is 3.98. The Bertz CT molecular complexity index is 708. The Morgan fingerprint density at radius 3 is 2.50 bits per heavy atom. The standard InChI is InChI=1S/C20H28F3N3O2/c1-3-12(4-2)9-17(27)26-10-15(20(21,22)23)16(11-26)25-19(28)14-7-8-24-18(14)13-5-6-13/h7-8,12-13,15-16,24H,3-6,9-11H2,1-2H3,(H,25,28)/t15-,16-/m1/s1. The van der Waals surface area contributed by atoms with Gasteiger partial charge in [-0.1, -0.05) is 26.7 Å². The largest absolute Gasteiger partial charge is 0.395 e. The van der Waals surface area contributed by atoms with E-state index in [-0.39, 0.29) is 30.7 Å². The van der Waals surface area contributed by atoms with E-state index in [9.17, 15) is 22.8 Å². The molecule has 0 spiro atoms. The van der Waals surface area contributed by atoms with E-state index >= 15 is 0 Å². The zero-order valence-corrected chi connectivity index (χ0v) is 16.3. The number of rotatable bonds is 7. The molecule has 1 aromatic heterocycles. The molecule has 3 rings (SSSR count). The van der Waals surface area contributed by atoms with Crippen LogP contribution in [-0.2, 0) is 4.79 Å². The van der Waals surface area contributed by atoms with Gasteiger partial charge < -0.3 is 15.2 Å². The lowest BCUT2D eigenvalue weighted by Crippen LogP contribution is -2.45. The topological polar surface area (TPSA) is 65.2 Å². The summed E-state index contributed by atoms with van der Waals surface area (Å²) in [5.74, 6) is -2.05. The number of carbonyl (C=O) groups is 2. The van der Waals surface area contributed by atoms with Crippen molar-refractivity contribution in [2.45, 2.75) is 64.1 Å². The summed E-state index contributed by atoms with van der Waals surface area (Å²) < 4.78 is 40.7. The van der Waals surface area contributed by atoms with Crippen LogP contribution >= 0.6 is 0 Å². The smallest absolute Gasteiger partial charge is 0.364 e. The normalized spacial score (nSPS) is 22.7. The van der Waals surface area contributed by atoms with Crippen LogP contribution in [0.4, 0.5) is 13.2 Å². The van der Waals surface area contributed by atoms with E-state index in [0.29, 0.717) is 5.56 Å². The monoisotopic (exact) mass is 399 g/mol. The van der Waals surface area contributed by atoms with Crippen LogP contribution in [0.2, 0.25) is 0 Å². The van der Waals surface area contributed by atoms with Crippen LogP contribution in [-0.4, -0.2) is 47.0 Å². The molecule has 1 saturated carbocycles. The zero-order valence-electron chi connectivity index (χ0n) is 16.3. The lowest BCUT2D eigenvalue weighted by atomic mass is 9.99. The van der Waals surface area contributed by atoms with Gasteiger partial charge in [0, 0.05) is 31.4 Å². The number of alkyl halides is 3. The van der Waals surface area contributed by atoms with Crippen molar-refractivity contribution < 1.29 is 22.8 Å². The predicted octanol–water partition coefficient (Wildman–Crippen LogP) is 3.84. The molecular formula is C20H28F3N3O2. The highest BCUT2D eigenvalue weighted by Crippen LogP contribution is 2.41. The van der Waals surface area contributed by atoms with Crippen molar-refractivity contribution >= 4 is 11.8 Å². The first-order valence-corrected chi connectivity index (χ1v) is 10.1. The fraction of sp³-hybridized carbons (Fsp3) is 0.700. The first kappa shape index (κ1) is 20.7. The van der Waals surface area contributed by atoms with Gasteiger partial charge >= 0.3 is 6.18 Å². The molecule has 0 radical (unpaired) electrons. The van der Waals surface area contributed by atoms with E-state index < -0.39 is 30.6 Å². The highest BCUT2D eigenvalue weighted by molar-refractivity contribution is 5.96. The number of nitrogens with zero attached hydrogens (tertiary/aromatic N) is 1. The molecule has 1 aliphatic carbocycles. The number of aromatic amines is 1. The zero-order chi connectivity index (χ0) is 20.5. The summed E-state index contributed by atoms with van der Waals surface area (Å²) in [7, 11) is 0. The van der Waals surface area contributed by atoms with E-state index in [0.717, 1.165) is 31.4 Å². The molecule has 156 valence electrons. The molecule has 2 aliphatic rings. The second kappa shape index (κ2) is 8.17. The molecule has 28 heavy (non-hydrogen) atoms. The van der Waals surface area contributed by atoms with Crippen molar-refractivity contribution in [2.24, 2.45) is 11.8 Å². The molecule has 2 heterocycles. The van der Waals surface area contributed by atoms with Crippen LogP contribution in [0.15, 0.2) is 12.3 Å². The number of likely N-dealkylation sites (tertiary alicyclic amines) is 1. The summed E-state index contributed by atoms with van der Waals surface area (Å²) >= 11 is 0. The van der Waals surface area contributed by atoms with Crippen LogP contribution in [0.3, 0.4) is 0 Å². The minimum atomic E-state index is -4.47. The fourth-order valence-corrected chi connectivity index (χ4v) is 3.98. The van der Waals surface area contributed by atoms with Gasteiger partial charge in [0.05, 0.1) is 17.5 Å². The summed E-state index contributed by atoms with van der Waals surface area (Å²) in [6.07, 6.45) is 1.01. The quantitative estimate of drug-likeness (QED) is 0.732. The van der Waals surface area contributed by atoms with Gasteiger partial charge in [-0.3, -0.25) is 9.59 Å². The third kappa shape index (κ3) is 4.52. The average molecular weight is 399 g/mol. The summed E-state index contributed by atoms with van der Waals surface area (Å²) in [6, 6.07) is 0.483. The number of hydrogen-bond acceptors (Lipinski definition) is 2. The Balaban J connectivity index is 1.70. The van der Waals surface area contributed by atoms with Crippen molar-refractivity contribution in [1.29, 1.82) is 0 Å². The number of nitrogens with one attached hydrogen (secondary N) is 2. The first-order chi connectivity index (χ1) is 13.2.